The molecular weight excluding hydrogens is 277 g/mol. The van der Waals surface area contributed by atoms with Gasteiger partial charge in [0.1, 0.15) is 0 Å². The Hall–Kier alpha value is -2.48. The van der Waals surface area contributed by atoms with Crippen molar-refractivity contribution in [1.29, 1.82) is 5.26 Å². The third-order valence-corrected chi connectivity index (χ3v) is 3.13. The molecule has 0 fully saturated rings. The Kier molecular flexibility index (Phi) is 4.18. The van der Waals surface area contributed by atoms with Crippen molar-refractivity contribution in [2.75, 3.05) is 5.32 Å². The van der Waals surface area contributed by atoms with Crippen molar-refractivity contribution in [2.24, 2.45) is 0 Å². The molecule has 2 rings (SSSR count). The van der Waals surface area contributed by atoms with Crippen LogP contribution in [-0.2, 0) is 6.18 Å². The molecule has 1 N–H and O–H groups in total. The van der Waals surface area contributed by atoms with Crippen LogP contribution >= 0.6 is 0 Å². The lowest BCUT2D eigenvalue weighted by Gasteiger charge is -2.20. The zero-order chi connectivity index (χ0) is 15.5. The number of halogens is 3. The molecule has 0 aliphatic carbocycles. The van der Waals surface area contributed by atoms with Gasteiger partial charge in [0.2, 0.25) is 0 Å². The maximum absolute atomic E-state index is 13.1. The average Bonchev–Trinajstić information content (AvgIpc) is 2.47. The molecule has 0 saturated carbocycles. The fourth-order valence-corrected chi connectivity index (χ4v) is 2.03. The van der Waals surface area contributed by atoms with Gasteiger partial charge >= 0.3 is 6.18 Å². The Bertz CT molecular complexity index is 657. The zero-order valence-corrected chi connectivity index (χ0v) is 11.3. The largest absolute Gasteiger partial charge is 0.418 e. The highest BCUT2D eigenvalue weighted by atomic mass is 19.4. The van der Waals surface area contributed by atoms with E-state index in [1.807, 2.05) is 30.3 Å². The number of alkyl halides is 3. The number of nitrogens with one attached hydrogen (secondary N) is 1. The molecule has 108 valence electrons. The lowest BCUT2D eigenvalue weighted by atomic mass is 10.1. The molecule has 5 heteroatoms. The zero-order valence-electron chi connectivity index (χ0n) is 11.3. The summed E-state index contributed by atoms with van der Waals surface area (Å²) < 4.78 is 39.2. The number of hydrogen-bond donors (Lipinski definition) is 1. The van der Waals surface area contributed by atoms with E-state index in [4.69, 9.17) is 5.26 Å². The Balaban J connectivity index is 2.34. The first kappa shape index (κ1) is 14.9. The van der Waals surface area contributed by atoms with E-state index in [2.05, 4.69) is 5.32 Å². The van der Waals surface area contributed by atoms with Crippen molar-refractivity contribution in [2.45, 2.75) is 19.1 Å². The lowest BCUT2D eigenvalue weighted by molar-refractivity contribution is -0.137. The van der Waals surface area contributed by atoms with Crippen molar-refractivity contribution >= 4 is 5.69 Å². The summed E-state index contributed by atoms with van der Waals surface area (Å²) in [5.74, 6) is 0. The summed E-state index contributed by atoms with van der Waals surface area (Å²) in [4.78, 5) is 0. The van der Waals surface area contributed by atoms with Crippen molar-refractivity contribution in [3.05, 3.63) is 65.2 Å². The standard InChI is InChI=1S/C16H13F3N2/c1-11(13-5-3-2-4-6-13)21-15-8-7-12(10-20)9-14(15)16(17,18)19/h2-9,11,21H,1H3. The second-order valence-corrected chi connectivity index (χ2v) is 4.65. The van der Waals surface area contributed by atoms with Gasteiger partial charge in [-0.3, -0.25) is 0 Å². The summed E-state index contributed by atoms with van der Waals surface area (Å²) in [7, 11) is 0. The molecule has 0 heterocycles. The average molecular weight is 290 g/mol. The first-order valence-corrected chi connectivity index (χ1v) is 6.34. The Morgan fingerprint density at radius 2 is 1.76 bits per heavy atom. The van der Waals surface area contributed by atoms with Crippen LogP contribution < -0.4 is 5.32 Å². The van der Waals surface area contributed by atoms with Gasteiger partial charge in [0.15, 0.2) is 0 Å². The van der Waals surface area contributed by atoms with Gasteiger partial charge in [0, 0.05) is 11.7 Å². The number of nitriles is 1. The molecule has 1 unspecified atom stereocenters. The molecule has 21 heavy (non-hydrogen) atoms. The molecule has 0 aliphatic heterocycles. The molecule has 0 saturated heterocycles. The predicted molar refractivity (Wildman–Crippen MR) is 74.6 cm³/mol. The number of anilines is 1. The smallest absolute Gasteiger partial charge is 0.378 e. The van der Waals surface area contributed by atoms with Crippen LogP contribution in [0, 0.1) is 11.3 Å². The molecule has 2 nitrogen and oxygen atoms in total. The monoisotopic (exact) mass is 290 g/mol. The Morgan fingerprint density at radius 1 is 1.10 bits per heavy atom. The third-order valence-electron chi connectivity index (χ3n) is 3.13. The van der Waals surface area contributed by atoms with Gasteiger partial charge in [0.05, 0.1) is 17.2 Å². The molecule has 0 aromatic heterocycles. The van der Waals surface area contributed by atoms with E-state index in [0.29, 0.717) is 0 Å². The topological polar surface area (TPSA) is 35.8 Å². The number of nitrogens with zero attached hydrogens (tertiary/aromatic N) is 1. The van der Waals surface area contributed by atoms with Crippen LogP contribution in [0.4, 0.5) is 18.9 Å². The highest BCUT2D eigenvalue weighted by Crippen LogP contribution is 2.36. The normalized spacial score (nSPS) is 12.5. The number of hydrogen-bond acceptors (Lipinski definition) is 2. The van der Waals surface area contributed by atoms with Crippen LogP contribution in [0.25, 0.3) is 0 Å². The third kappa shape index (κ3) is 3.54. The maximum Gasteiger partial charge on any atom is 0.418 e. The van der Waals surface area contributed by atoms with E-state index in [1.165, 1.54) is 12.1 Å². The summed E-state index contributed by atoms with van der Waals surface area (Å²) in [6, 6.07) is 14.2. The van der Waals surface area contributed by atoms with Gasteiger partial charge in [-0.2, -0.15) is 18.4 Å². The minimum Gasteiger partial charge on any atom is -0.378 e. The highest BCUT2D eigenvalue weighted by molar-refractivity contribution is 5.57. The second kappa shape index (κ2) is 5.88. The molecule has 2 aromatic rings. The molecule has 0 amide bonds. The van der Waals surface area contributed by atoms with E-state index in [9.17, 15) is 13.2 Å². The van der Waals surface area contributed by atoms with E-state index < -0.39 is 11.7 Å². The molecular formula is C16H13F3N2. The second-order valence-electron chi connectivity index (χ2n) is 4.65. The van der Waals surface area contributed by atoms with E-state index in [0.717, 1.165) is 11.6 Å². The van der Waals surface area contributed by atoms with Gasteiger partial charge < -0.3 is 5.32 Å². The van der Waals surface area contributed by atoms with Crippen molar-refractivity contribution in [3.8, 4) is 6.07 Å². The highest BCUT2D eigenvalue weighted by Gasteiger charge is 2.34. The molecule has 0 bridgehead atoms. The van der Waals surface area contributed by atoms with E-state index in [1.54, 1.807) is 13.0 Å². The van der Waals surface area contributed by atoms with Gasteiger partial charge in [-0.05, 0) is 30.7 Å². The SMILES string of the molecule is CC(Nc1ccc(C#N)cc1C(F)(F)F)c1ccccc1. The fraction of sp³-hybridized carbons (Fsp3) is 0.188. The summed E-state index contributed by atoms with van der Waals surface area (Å²) in [5, 5.41) is 11.6. The van der Waals surface area contributed by atoms with Gasteiger partial charge in [-0.1, -0.05) is 30.3 Å². The van der Waals surface area contributed by atoms with Crippen molar-refractivity contribution < 1.29 is 13.2 Å². The summed E-state index contributed by atoms with van der Waals surface area (Å²) in [6.45, 7) is 1.79. The van der Waals surface area contributed by atoms with E-state index in [-0.39, 0.29) is 17.3 Å². The molecule has 0 aliphatic rings. The van der Waals surface area contributed by atoms with Crippen LogP contribution in [0.3, 0.4) is 0 Å². The lowest BCUT2D eigenvalue weighted by Crippen LogP contribution is -2.13. The quantitative estimate of drug-likeness (QED) is 0.885. The van der Waals surface area contributed by atoms with E-state index >= 15 is 0 Å². The Morgan fingerprint density at radius 3 is 2.33 bits per heavy atom. The number of benzene rings is 2. The van der Waals surface area contributed by atoms with Crippen molar-refractivity contribution in [3.63, 3.8) is 0 Å². The predicted octanol–water partition coefficient (Wildman–Crippen LogP) is 4.75. The van der Waals surface area contributed by atoms with Crippen molar-refractivity contribution in [1.82, 2.24) is 0 Å². The maximum atomic E-state index is 13.1. The minimum atomic E-state index is -4.51. The summed E-state index contributed by atoms with van der Waals surface area (Å²) in [6.07, 6.45) is -4.51. The first-order chi connectivity index (χ1) is 9.91. The Labute approximate surface area is 120 Å². The van der Waals surface area contributed by atoms with Crippen LogP contribution in [0.1, 0.15) is 29.7 Å². The van der Waals surface area contributed by atoms with Crippen LogP contribution in [-0.4, -0.2) is 0 Å². The number of rotatable bonds is 3. The minimum absolute atomic E-state index is 0.0137. The fourth-order valence-electron chi connectivity index (χ4n) is 2.03. The summed E-state index contributed by atoms with van der Waals surface area (Å²) >= 11 is 0. The first-order valence-electron chi connectivity index (χ1n) is 6.34. The molecule has 2 aromatic carbocycles. The molecule has 0 radical (unpaired) electrons. The van der Waals surface area contributed by atoms with Gasteiger partial charge in [-0.25, -0.2) is 0 Å². The summed E-state index contributed by atoms with van der Waals surface area (Å²) in [5.41, 5.74) is 0.0115. The molecule has 1 atom stereocenters. The van der Waals surface area contributed by atoms with Crippen LogP contribution in [0.5, 0.6) is 0 Å². The van der Waals surface area contributed by atoms with Crippen LogP contribution in [0.2, 0.25) is 0 Å². The van der Waals surface area contributed by atoms with Gasteiger partial charge in [-0.15, -0.1) is 0 Å². The molecule has 0 spiro atoms. The van der Waals surface area contributed by atoms with Gasteiger partial charge in [0.25, 0.3) is 0 Å². The van der Waals surface area contributed by atoms with Crippen LogP contribution in [0.15, 0.2) is 48.5 Å².